The number of halogens is 3. The molecule has 2 aromatic rings. The van der Waals surface area contributed by atoms with E-state index in [1.54, 1.807) is 0 Å². The van der Waals surface area contributed by atoms with Gasteiger partial charge in [0.1, 0.15) is 4.34 Å². The average Bonchev–Trinajstić information content (AvgIpc) is 2.75. The first-order valence-corrected chi connectivity index (χ1v) is 7.39. The maximum atomic E-state index is 12.0. The number of rotatable bonds is 5. The molecule has 1 aromatic heterocycles. The predicted molar refractivity (Wildman–Crippen MR) is 82.3 cm³/mol. The molecule has 9 heteroatoms. The Labute approximate surface area is 138 Å². The molecule has 5 nitrogen and oxygen atoms in total. The van der Waals surface area contributed by atoms with Gasteiger partial charge in [-0.05, 0) is 12.1 Å². The summed E-state index contributed by atoms with van der Waals surface area (Å²) in [4.78, 5) is 22.2. The molecule has 0 N–H and O–H groups in total. The Balaban J connectivity index is 2.19. The fourth-order valence-electron chi connectivity index (χ4n) is 1.53. The molecule has 0 saturated heterocycles. The standard InChI is InChI=1S/C12H6Cl3NO4S/c13-7-2-1-3-8(16(18)19)11(7)20-5-9(17)6-4-10(14)21-12(6)15/h1-4H,5H2. The molecule has 0 spiro atoms. The van der Waals surface area contributed by atoms with Gasteiger partial charge in [-0.2, -0.15) is 0 Å². The van der Waals surface area contributed by atoms with Crippen LogP contribution in [0.2, 0.25) is 13.7 Å². The summed E-state index contributed by atoms with van der Waals surface area (Å²) < 4.78 is 5.80. The summed E-state index contributed by atoms with van der Waals surface area (Å²) >= 11 is 18.5. The van der Waals surface area contributed by atoms with Gasteiger partial charge in [-0.25, -0.2) is 0 Å². The third-order valence-corrected chi connectivity index (χ3v) is 4.23. The lowest BCUT2D eigenvalue weighted by molar-refractivity contribution is -0.385. The molecule has 0 unspecified atom stereocenters. The first-order chi connectivity index (χ1) is 9.90. The number of carbonyl (C=O) groups is 1. The molecule has 0 amide bonds. The van der Waals surface area contributed by atoms with E-state index in [0.717, 1.165) is 11.3 Å². The Morgan fingerprint density at radius 1 is 1.33 bits per heavy atom. The fourth-order valence-corrected chi connectivity index (χ4v) is 3.25. The molecule has 1 aromatic carbocycles. The van der Waals surface area contributed by atoms with E-state index in [2.05, 4.69) is 0 Å². The van der Waals surface area contributed by atoms with Crippen molar-refractivity contribution in [2.24, 2.45) is 0 Å². The molecule has 110 valence electrons. The van der Waals surface area contributed by atoms with Crippen LogP contribution in [0.25, 0.3) is 0 Å². The molecule has 0 fully saturated rings. The van der Waals surface area contributed by atoms with E-state index in [0.29, 0.717) is 4.34 Å². The van der Waals surface area contributed by atoms with Crippen LogP contribution < -0.4 is 4.74 Å². The third-order valence-electron chi connectivity index (χ3n) is 2.45. The normalized spacial score (nSPS) is 10.4. The smallest absolute Gasteiger partial charge is 0.312 e. The number of ketones is 1. The molecule has 2 rings (SSSR count). The summed E-state index contributed by atoms with van der Waals surface area (Å²) in [5, 5.41) is 10.9. The van der Waals surface area contributed by atoms with E-state index in [-0.39, 0.29) is 26.4 Å². The zero-order valence-electron chi connectivity index (χ0n) is 10.1. The maximum absolute atomic E-state index is 12.0. The number of para-hydroxylation sites is 1. The van der Waals surface area contributed by atoms with Crippen molar-refractivity contribution in [2.45, 2.75) is 0 Å². The first-order valence-electron chi connectivity index (χ1n) is 5.44. The van der Waals surface area contributed by atoms with Crippen LogP contribution in [0.1, 0.15) is 10.4 Å². The Morgan fingerprint density at radius 2 is 2.05 bits per heavy atom. The van der Waals surface area contributed by atoms with Crippen LogP contribution in [-0.4, -0.2) is 17.3 Å². The van der Waals surface area contributed by atoms with Crippen molar-refractivity contribution in [2.75, 3.05) is 6.61 Å². The first kappa shape index (κ1) is 16.0. The van der Waals surface area contributed by atoms with Gasteiger partial charge in [-0.15, -0.1) is 11.3 Å². The number of Topliss-reactive ketones (excluding diaryl/α,β-unsaturated/α-hetero) is 1. The van der Waals surface area contributed by atoms with Gasteiger partial charge in [-0.1, -0.05) is 40.9 Å². The lowest BCUT2D eigenvalue weighted by atomic mass is 10.2. The Hall–Kier alpha value is -1.34. The van der Waals surface area contributed by atoms with Gasteiger partial charge in [0.05, 0.1) is 19.8 Å². The van der Waals surface area contributed by atoms with Crippen LogP contribution in [0.5, 0.6) is 5.75 Å². The van der Waals surface area contributed by atoms with Crippen molar-refractivity contribution in [3.8, 4) is 5.75 Å². The zero-order chi connectivity index (χ0) is 15.6. The number of hydrogen-bond acceptors (Lipinski definition) is 5. The van der Waals surface area contributed by atoms with Gasteiger partial charge < -0.3 is 4.74 Å². The van der Waals surface area contributed by atoms with Gasteiger partial charge in [0.15, 0.2) is 6.61 Å². The molecule has 0 bridgehead atoms. The van der Waals surface area contributed by atoms with Gasteiger partial charge in [0.2, 0.25) is 11.5 Å². The van der Waals surface area contributed by atoms with E-state index in [1.807, 2.05) is 0 Å². The predicted octanol–water partition coefficient (Wildman–Crippen LogP) is 4.88. The number of carbonyl (C=O) groups excluding carboxylic acids is 1. The fraction of sp³-hybridized carbons (Fsp3) is 0.0833. The minimum Gasteiger partial charge on any atom is -0.477 e. The summed E-state index contributed by atoms with van der Waals surface area (Å²) in [6.07, 6.45) is 0. The van der Waals surface area contributed by atoms with Crippen LogP contribution in [0.15, 0.2) is 24.3 Å². The highest BCUT2D eigenvalue weighted by atomic mass is 35.5. The molecule has 0 aliphatic carbocycles. The number of nitro benzene ring substituents is 1. The molecule has 21 heavy (non-hydrogen) atoms. The largest absolute Gasteiger partial charge is 0.477 e. The van der Waals surface area contributed by atoms with Crippen molar-refractivity contribution in [1.29, 1.82) is 0 Å². The third kappa shape index (κ3) is 3.65. The lowest BCUT2D eigenvalue weighted by Gasteiger charge is -2.07. The van der Waals surface area contributed by atoms with Crippen LogP contribution in [0.4, 0.5) is 5.69 Å². The SMILES string of the molecule is O=C(COc1c(Cl)cccc1[N+](=O)[O-])c1cc(Cl)sc1Cl. The topological polar surface area (TPSA) is 69.4 Å². The van der Waals surface area contributed by atoms with Gasteiger partial charge in [0, 0.05) is 6.07 Å². The zero-order valence-corrected chi connectivity index (χ0v) is 13.2. The monoisotopic (exact) mass is 365 g/mol. The molecular weight excluding hydrogens is 361 g/mol. The molecule has 0 aliphatic heterocycles. The van der Waals surface area contributed by atoms with Gasteiger partial charge >= 0.3 is 5.69 Å². The molecule has 0 aliphatic rings. The van der Waals surface area contributed by atoms with Crippen LogP contribution in [0, 0.1) is 10.1 Å². The molecule has 0 saturated carbocycles. The quantitative estimate of drug-likeness (QED) is 0.429. The summed E-state index contributed by atoms with van der Waals surface area (Å²) in [6.45, 7) is -0.433. The van der Waals surface area contributed by atoms with E-state index in [1.165, 1.54) is 24.3 Å². The van der Waals surface area contributed by atoms with Gasteiger partial charge in [0.25, 0.3) is 0 Å². The second-order valence-electron chi connectivity index (χ2n) is 3.79. The van der Waals surface area contributed by atoms with Crippen LogP contribution >= 0.6 is 46.1 Å². The number of thiophene rings is 1. The average molecular weight is 367 g/mol. The Bertz CT molecular complexity index is 717. The second-order valence-corrected chi connectivity index (χ2v) is 6.49. The maximum Gasteiger partial charge on any atom is 0.312 e. The molecular formula is C12H6Cl3NO4S. The number of ether oxygens (including phenoxy) is 1. The summed E-state index contributed by atoms with van der Waals surface area (Å²) in [5.74, 6) is -0.604. The van der Waals surface area contributed by atoms with E-state index < -0.39 is 17.3 Å². The van der Waals surface area contributed by atoms with Crippen LogP contribution in [0.3, 0.4) is 0 Å². The van der Waals surface area contributed by atoms with Crippen molar-refractivity contribution in [1.82, 2.24) is 0 Å². The van der Waals surface area contributed by atoms with Crippen molar-refractivity contribution >= 4 is 57.6 Å². The number of nitro groups is 1. The molecule has 0 radical (unpaired) electrons. The number of benzene rings is 1. The summed E-state index contributed by atoms with van der Waals surface area (Å²) in [7, 11) is 0. The van der Waals surface area contributed by atoms with Gasteiger partial charge in [-0.3, -0.25) is 14.9 Å². The van der Waals surface area contributed by atoms with E-state index >= 15 is 0 Å². The number of hydrogen-bond donors (Lipinski definition) is 0. The van der Waals surface area contributed by atoms with Crippen molar-refractivity contribution < 1.29 is 14.5 Å². The highest BCUT2D eigenvalue weighted by Crippen LogP contribution is 2.35. The molecule has 0 atom stereocenters. The second kappa shape index (κ2) is 6.62. The number of nitrogens with zero attached hydrogens (tertiary/aromatic N) is 1. The van der Waals surface area contributed by atoms with Crippen molar-refractivity contribution in [3.05, 3.63) is 53.6 Å². The lowest BCUT2D eigenvalue weighted by Crippen LogP contribution is -2.12. The van der Waals surface area contributed by atoms with E-state index in [4.69, 9.17) is 39.5 Å². The minimum absolute atomic E-state index is 0.0476. The summed E-state index contributed by atoms with van der Waals surface area (Å²) in [5.41, 5.74) is -0.105. The summed E-state index contributed by atoms with van der Waals surface area (Å²) in [6, 6.07) is 5.51. The highest BCUT2D eigenvalue weighted by Gasteiger charge is 2.21. The minimum atomic E-state index is -0.639. The molecule has 1 heterocycles. The Morgan fingerprint density at radius 3 is 2.62 bits per heavy atom. The Kier molecular flexibility index (Phi) is 5.05. The van der Waals surface area contributed by atoms with Crippen LogP contribution in [-0.2, 0) is 0 Å². The van der Waals surface area contributed by atoms with E-state index in [9.17, 15) is 14.9 Å². The highest BCUT2D eigenvalue weighted by molar-refractivity contribution is 7.20. The van der Waals surface area contributed by atoms with Crippen molar-refractivity contribution in [3.63, 3.8) is 0 Å².